The molecule has 1 aliphatic rings. The Kier molecular flexibility index (Phi) is 3.27. The van der Waals surface area contributed by atoms with Crippen LogP contribution in [-0.2, 0) is 12.7 Å². The van der Waals surface area contributed by atoms with Crippen LogP contribution < -0.4 is 10.1 Å². The van der Waals surface area contributed by atoms with Crippen molar-refractivity contribution >= 4 is 5.95 Å². The zero-order chi connectivity index (χ0) is 15.0. The lowest BCUT2D eigenvalue weighted by molar-refractivity contribution is -0.140. The summed E-state index contributed by atoms with van der Waals surface area (Å²) in [6, 6.07) is 7.35. The van der Waals surface area contributed by atoms with Gasteiger partial charge in [-0.15, -0.1) is 0 Å². The normalized spacial score (nSPS) is 18.0. The van der Waals surface area contributed by atoms with Gasteiger partial charge in [0.25, 0.3) is 0 Å². The van der Waals surface area contributed by atoms with Crippen LogP contribution in [0.4, 0.5) is 19.1 Å². The molecule has 112 valence electrons. The van der Waals surface area contributed by atoms with Gasteiger partial charge in [0.1, 0.15) is 5.75 Å². The minimum Gasteiger partial charge on any atom is -0.496 e. The molecule has 0 saturated heterocycles. The topological polar surface area (TPSA) is 39.1 Å². The van der Waals surface area contributed by atoms with Crippen molar-refractivity contribution in [3.63, 3.8) is 0 Å². The van der Waals surface area contributed by atoms with E-state index in [1.807, 2.05) is 24.3 Å². The summed E-state index contributed by atoms with van der Waals surface area (Å²) in [4.78, 5) is 3.64. The number of alkyl halides is 3. The standard InChI is InChI=1S/C14H14F3N3O/c1-21-11-5-3-2-4-9(11)10-6-7-20-8-12(14(15,16)17)19-13(20)18-10/h2-5,8,10H,6-7H2,1H3,(H,18,19). The summed E-state index contributed by atoms with van der Waals surface area (Å²) in [7, 11) is 1.57. The average Bonchev–Trinajstić information content (AvgIpc) is 2.90. The Balaban J connectivity index is 1.89. The maximum atomic E-state index is 12.7. The number of ether oxygens (including phenoxy) is 1. The summed E-state index contributed by atoms with van der Waals surface area (Å²) in [5.41, 5.74) is 0.0495. The number of methoxy groups -OCH3 is 1. The predicted molar refractivity (Wildman–Crippen MR) is 71.2 cm³/mol. The first-order chi connectivity index (χ1) is 9.99. The van der Waals surface area contributed by atoms with Crippen LogP contribution in [-0.4, -0.2) is 16.7 Å². The van der Waals surface area contributed by atoms with E-state index in [9.17, 15) is 13.2 Å². The molecule has 0 radical (unpaired) electrons. The van der Waals surface area contributed by atoms with Gasteiger partial charge in [-0.3, -0.25) is 0 Å². The monoisotopic (exact) mass is 297 g/mol. The fourth-order valence-electron chi connectivity index (χ4n) is 2.52. The van der Waals surface area contributed by atoms with E-state index in [1.54, 1.807) is 7.11 Å². The highest BCUT2D eigenvalue weighted by atomic mass is 19.4. The Morgan fingerprint density at radius 1 is 1.33 bits per heavy atom. The summed E-state index contributed by atoms with van der Waals surface area (Å²) < 4.78 is 44.9. The number of imidazole rings is 1. The third-order valence-corrected chi connectivity index (χ3v) is 3.54. The number of para-hydroxylation sites is 1. The van der Waals surface area contributed by atoms with Crippen molar-refractivity contribution in [2.45, 2.75) is 25.2 Å². The number of nitrogens with zero attached hydrogens (tertiary/aromatic N) is 2. The van der Waals surface area contributed by atoms with Crippen LogP contribution in [0.1, 0.15) is 23.7 Å². The van der Waals surface area contributed by atoms with Crippen molar-refractivity contribution < 1.29 is 17.9 Å². The quantitative estimate of drug-likeness (QED) is 0.922. The highest BCUT2D eigenvalue weighted by Gasteiger charge is 2.36. The zero-order valence-electron chi connectivity index (χ0n) is 11.3. The number of nitrogens with one attached hydrogen (secondary N) is 1. The molecule has 1 aliphatic heterocycles. The van der Waals surface area contributed by atoms with Crippen molar-refractivity contribution in [3.8, 4) is 5.75 Å². The Bertz CT molecular complexity index is 651. The Morgan fingerprint density at radius 3 is 2.81 bits per heavy atom. The van der Waals surface area contributed by atoms with Gasteiger partial charge in [0.2, 0.25) is 5.95 Å². The third-order valence-electron chi connectivity index (χ3n) is 3.54. The predicted octanol–water partition coefficient (Wildman–Crippen LogP) is 3.47. The first-order valence-electron chi connectivity index (χ1n) is 6.53. The van der Waals surface area contributed by atoms with E-state index in [1.165, 1.54) is 4.57 Å². The van der Waals surface area contributed by atoms with Crippen LogP contribution in [0.2, 0.25) is 0 Å². The number of benzene rings is 1. The number of rotatable bonds is 2. The molecule has 2 heterocycles. The molecule has 0 spiro atoms. The van der Waals surface area contributed by atoms with E-state index in [4.69, 9.17) is 4.74 Å². The van der Waals surface area contributed by atoms with Crippen LogP contribution in [0.3, 0.4) is 0 Å². The van der Waals surface area contributed by atoms with Crippen molar-refractivity contribution in [2.24, 2.45) is 0 Å². The molecular weight excluding hydrogens is 283 g/mol. The SMILES string of the molecule is COc1ccccc1C1CCn2cc(C(F)(F)F)nc2N1. The largest absolute Gasteiger partial charge is 0.496 e. The highest BCUT2D eigenvalue weighted by Crippen LogP contribution is 2.36. The van der Waals surface area contributed by atoms with Gasteiger partial charge in [-0.25, -0.2) is 4.98 Å². The van der Waals surface area contributed by atoms with Gasteiger partial charge in [0.05, 0.1) is 13.2 Å². The van der Waals surface area contributed by atoms with E-state index >= 15 is 0 Å². The molecule has 0 amide bonds. The molecule has 7 heteroatoms. The van der Waals surface area contributed by atoms with Gasteiger partial charge in [-0.1, -0.05) is 18.2 Å². The van der Waals surface area contributed by atoms with Gasteiger partial charge in [0, 0.05) is 18.3 Å². The number of anilines is 1. The molecule has 4 nitrogen and oxygen atoms in total. The van der Waals surface area contributed by atoms with E-state index < -0.39 is 11.9 Å². The highest BCUT2D eigenvalue weighted by molar-refractivity contribution is 5.43. The van der Waals surface area contributed by atoms with E-state index in [2.05, 4.69) is 10.3 Å². The van der Waals surface area contributed by atoms with Crippen LogP contribution >= 0.6 is 0 Å². The van der Waals surface area contributed by atoms with Gasteiger partial charge in [-0.2, -0.15) is 13.2 Å². The molecule has 3 rings (SSSR count). The lowest BCUT2D eigenvalue weighted by Gasteiger charge is -2.26. The van der Waals surface area contributed by atoms with Crippen molar-refractivity contribution in [2.75, 3.05) is 12.4 Å². The Labute approximate surface area is 119 Å². The summed E-state index contributed by atoms with van der Waals surface area (Å²) in [5, 5.41) is 3.05. The van der Waals surface area contributed by atoms with Crippen LogP contribution in [0, 0.1) is 0 Å². The molecular formula is C14H14F3N3O. The molecule has 1 N–H and O–H groups in total. The summed E-state index contributed by atoms with van der Waals surface area (Å²) in [5.74, 6) is 0.954. The maximum Gasteiger partial charge on any atom is 0.434 e. The van der Waals surface area contributed by atoms with Crippen LogP contribution in [0.5, 0.6) is 5.75 Å². The van der Waals surface area contributed by atoms with E-state index in [0.29, 0.717) is 18.7 Å². The fraction of sp³-hybridized carbons (Fsp3) is 0.357. The van der Waals surface area contributed by atoms with E-state index in [0.717, 1.165) is 11.8 Å². The molecule has 0 fully saturated rings. The molecule has 0 saturated carbocycles. The lowest BCUT2D eigenvalue weighted by atomic mass is 10.0. The number of aryl methyl sites for hydroxylation is 1. The summed E-state index contributed by atoms with van der Waals surface area (Å²) in [6.07, 6.45) is -2.71. The minimum atomic E-state index is -4.42. The van der Waals surface area contributed by atoms with E-state index in [-0.39, 0.29) is 12.0 Å². The number of halogens is 3. The van der Waals surface area contributed by atoms with Crippen molar-refractivity contribution in [3.05, 3.63) is 41.7 Å². The molecule has 21 heavy (non-hydrogen) atoms. The van der Waals surface area contributed by atoms with Gasteiger partial charge in [0.15, 0.2) is 5.69 Å². The van der Waals surface area contributed by atoms with Gasteiger partial charge in [-0.05, 0) is 12.5 Å². The summed E-state index contributed by atoms with van der Waals surface area (Å²) in [6.45, 7) is 0.480. The smallest absolute Gasteiger partial charge is 0.434 e. The maximum absolute atomic E-state index is 12.7. The molecule has 1 atom stereocenters. The minimum absolute atomic E-state index is 0.114. The molecule has 2 aromatic rings. The Morgan fingerprint density at radius 2 is 2.10 bits per heavy atom. The van der Waals surface area contributed by atoms with Crippen LogP contribution in [0.15, 0.2) is 30.5 Å². The second-order valence-corrected chi connectivity index (χ2v) is 4.87. The van der Waals surface area contributed by atoms with Crippen LogP contribution in [0.25, 0.3) is 0 Å². The molecule has 1 unspecified atom stereocenters. The number of aromatic nitrogens is 2. The van der Waals surface area contributed by atoms with Crippen molar-refractivity contribution in [1.82, 2.24) is 9.55 Å². The average molecular weight is 297 g/mol. The third kappa shape index (κ3) is 2.55. The first kappa shape index (κ1) is 13.8. The first-order valence-corrected chi connectivity index (χ1v) is 6.53. The number of hydrogen-bond donors (Lipinski definition) is 1. The molecule has 1 aromatic carbocycles. The molecule has 0 bridgehead atoms. The second-order valence-electron chi connectivity index (χ2n) is 4.87. The molecule has 0 aliphatic carbocycles. The lowest BCUT2D eigenvalue weighted by Crippen LogP contribution is -2.22. The molecule has 1 aromatic heterocycles. The van der Waals surface area contributed by atoms with Gasteiger partial charge >= 0.3 is 6.18 Å². The number of fused-ring (bicyclic) bond motifs is 1. The second kappa shape index (κ2) is 4.98. The van der Waals surface area contributed by atoms with Crippen molar-refractivity contribution in [1.29, 1.82) is 0 Å². The van der Waals surface area contributed by atoms with Gasteiger partial charge < -0.3 is 14.6 Å². The fourth-order valence-corrected chi connectivity index (χ4v) is 2.52. The Hall–Kier alpha value is -2.18. The number of hydrogen-bond acceptors (Lipinski definition) is 3. The zero-order valence-corrected chi connectivity index (χ0v) is 11.3. The summed E-state index contributed by atoms with van der Waals surface area (Å²) >= 11 is 0.